The number of pyridine rings is 1. The van der Waals surface area contributed by atoms with Gasteiger partial charge in [0, 0.05) is 35.5 Å². The normalized spacial score (nSPS) is 11.2. The third kappa shape index (κ3) is 3.63. The van der Waals surface area contributed by atoms with Crippen LogP contribution >= 0.6 is 11.6 Å². The molecule has 0 bridgehead atoms. The molecule has 2 aromatic rings. The Hall–Kier alpha value is -2.20. The van der Waals surface area contributed by atoms with Crippen molar-refractivity contribution < 1.29 is 9.63 Å². The lowest BCUT2D eigenvalue weighted by atomic mass is 10.0. The molecule has 1 aromatic heterocycles. The van der Waals surface area contributed by atoms with Crippen LogP contribution < -0.4 is 0 Å². The maximum atomic E-state index is 10.9. The number of nitrogens with zero attached hydrogens (tertiary/aromatic N) is 2. The zero-order valence-corrected chi connectivity index (χ0v) is 11.0. The summed E-state index contributed by atoms with van der Waals surface area (Å²) in [6.45, 7) is 1.30. The highest BCUT2D eigenvalue weighted by Crippen LogP contribution is 2.14. The molecular weight excluding hydrogens is 264 g/mol. The molecule has 2 rings (SSSR count). The van der Waals surface area contributed by atoms with E-state index in [1.54, 1.807) is 36.7 Å². The van der Waals surface area contributed by atoms with Crippen molar-refractivity contribution in [3.63, 3.8) is 0 Å². The Balaban J connectivity index is 2.43. The molecule has 0 aliphatic heterocycles. The van der Waals surface area contributed by atoms with Crippen molar-refractivity contribution in [2.75, 3.05) is 0 Å². The Morgan fingerprint density at radius 3 is 2.26 bits per heavy atom. The number of aromatic nitrogens is 1. The number of carbonyl (C=O) groups excluding carboxylic acids is 1. The molecule has 5 heteroatoms. The lowest BCUT2D eigenvalue weighted by molar-refractivity contribution is -0.140. The van der Waals surface area contributed by atoms with E-state index in [9.17, 15) is 4.79 Å². The van der Waals surface area contributed by atoms with Crippen molar-refractivity contribution in [1.29, 1.82) is 0 Å². The van der Waals surface area contributed by atoms with E-state index in [1.807, 2.05) is 12.1 Å². The van der Waals surface area contributed by atoms with Gasteiger partial charge in [0.25, 0.3) is 0 Å². The summed E-state index contributed by atoms with van der Waals surface area (Å²) >= 11 is 5.85. The van der Waals surface area contributed by atoms with Crippen LogP contribution in [0.4, 0.5) is 0 Å². The molecule has 0 unspecified atom stereocenters. The van der Waals surface area contributed by atoms with Crippen molar-refractivity contribution in [2.24, 2.45) is 5.16 Å². The standard InChI is InChI=1S/C14H11ClN2O2/c1-10(18)19-17-14(12-6-8-16-9-7-12)11-2-4-13(15)5-3-11/h2-9H,1H3/b17-14+. The molecule has 0 fully saturated rings. The first-order valence-corrected chi connectivity index (χ1v) is 5.96. The third-order valence-electron chi connectivity index (χ3n) is 2.34. The molecule has 0 aliphatic rings. The quantitative estimate of drug-likeness (QED) is 0.491. The molecule has 0 atom stereocenters. The molecule has 0 saturated heterocycles. The average Bonchev–Trinajstić information content (AvgIpc) is 2.42. The van der Waals surface area contributed by atoms with Crippen molar-refractivity contribution >= 4 is 23.3 Å². The number of hydrogen-bond donors (Lipinski definition) is 0. The Bertz CT molecular complexity index is 595. The van der Waals surface area contributed by atoms with E-state index in [2.05, 4.69) is 10.1 Å². The molecule has 0 spiro atoms. The van der Waals surface area contributed by atoms with E-state index in [0.717, 1.165) is 11.1 Å². The van der Waals surface area contributed by atoms with Gasteiger partial charge >= 0.3 is 5.97 Å². The van der Waals surface area contributed by atoms with Gasteiger partial charge in [0.15, 0.2) is 0 Å². The number of rotatable bonds is 3. The van der Waals surface area contributed by atoms with Gasteiger partial charge in [-0.1, -0.05) is 28.9 Å². The highest BCUT2D eigenvalue weighted by Gasteiger charge is 2.08. The molecular formula is C14H11ClN2O2. The first kappa shape index (κ1) is 13.2. The molecule has 19 heavy (non-hydrogen) atoms. The number of oxime groups is 1. The molecule has 1 heterocycles. The second-order valence-electron chi connectivity index (χ2n) is 3.77. The zero-order valence-electron chi connectivity index (χ0n) is 10.2. The second-order valence-corrected chi connectivity index (χ2v) is 4.20. The summed E-state index contributed by atoms with van der Waals surface area (Å²) in [5, 5.41) is 4.52. The Morgan fingerprint density at radius 1 is 1.11 bits per heavy atom. The smallest absolute Gasteiger partial charge is 0.318 e. The summed E-state index contributed by atoms with van der Waals surface area (Å²) in [4.78, 5) is 19.6. The van der Waals surface area contributed by atoms with Crippen LogP contribution in [0.3, 0.4) is 0 Å². The van der Waals surface area contributed by atoms with Gasteiger partial charge in [0.2, 0.25) is 0 Å². The van der Waals surface area contributed by atoms with E-state index in [1.165, 1.54) is 6.92 Å². The van der Waals surface area contributed by atoms with Crippen LogP contribution in [-0.2, 0) is 9.63 Å². The van der Waals surface area contributed by atoms with E-state index in [0.29, 0.717) is 10.7 Å². The van der Waals surface area contributed by atoms with Crippen molar-refractivity contribution in [3.8, 4) is 0 Å². The average molecular weight is 275 g/mol. The maximum Gasteiger partial charge on any atom is 0.332 e. The topological polar surface area (TPSA) is 51.5 Å². The van der Waals surface area contributed by atoms with E-state index < -0.39 is 5.97 Å². The summed E-state index contributed by atoms with van der Waals surface area (Å²) in [5.41, 5.74) is 2.16. The van der Waals surface area contributed by atoms with Gasteiger partial charge in [-0.2, -0.15) is 0 Å². The van der Waals surface area contributed by atoms with Crippen LogP contribution in [0.15, 0.2) is 53.9 Å². The first-order chi connectivity index (χ1) is 9.16. The minimum absolute atomic E-state index is 0.472. The van der Waals surface area contributed by atoms with Crippen LogP contribution in [0, 0.1) is 0 Å². The Labute approximate surface area is 115 Å². The van der Waals surface area contributed by atoms with E-state index >= 15 is 0 Å². The van der Waals surface area contributed by atoms with Crippen LogP contribution in [0.25, 0.3) is 0 Å². The number of carbonyl (C=O) groups is 1. The first-order valence-electron chi connectivity index (χ1n) is 5.59. The highest BCUT2D eigenvalue weighted by molar-refractivity contribution is 6.30. The van der Waals surface area contributed by atoms with Crippen LogP contribution in [0.2, 0.25) is 5.02 Å². The summed E-state index contributed by atoms with van der Waals surface area (Å²) < 4.78 is 0. The van der Waals surface area contributed by atoms with Crippen LogP contribution in [-0.4, -0.2) is 16.7 Å². The minimum Gasteiger partial charge on any atom is -0.318 e. The van der Waals surface area contributed by atoms with Gasteiger partial charge < -0.3 is 4.84 Å². The lowest BCUT2D eigenvalue weighted by Gasteiger charge is -2.06. The molecule has 96 valence electrons. The fourth-order valence-electron chi connectivity index (χ4n) is 1.50. The predicted molar refractivity (Wildman–Crippen MR) is 73.1 cm³/mol. The molecule has 0 aliphatic carbocycles. The van der Waals surface area contributed by atoms with Gasteiger partial charge in [-0.15, -0.1) is 0 Å². The van der Waals surface area contributed by atoms with Crippen molar-refractivity contribution in [3.05, 3.63) is 64.9 Å². The largest absolute Gasteiger partial charge is 0.332 e. The lowest BCUT2D eigenvalue weighted by Crippen LogP contribution is -2.06. The van der Waals surface area contributed by atoms with Crippen molar-refractivity contribution in [2.45, 2.75) is 6.92 Å². The minimum atomic E-state index is -0.472. The number of benzene rings is 1. The third-order valence-corrected chi connectivity index (χ3v) is 2.59. The van der Waals surface area contributed by atoms with E-state index in [-0.39, 0.29) is 0 Å². The van der Waals surface area contributed by atoms with Gasteiger partial charge in [-0.05, 0) is 24.3 Å². The molecule has 4 nitrogen and oxygen atoms in total. The number of hydrogen-bond acceptors (Lipinski definition) is 4. The molecule has 0 saturated carbocycles. The van der Waals surface area contributed by atoms with Gasteiger partial charge in [-0.25, -0.2) is 4.79 Å². The van der Waals surface area contributed by atoms with Gasteiger partial charge in [0.1, 0.15) is 5.71 Å². The highest BCUT2D eigenvalue weighted by atomic mass is 35.5. The van der Waals surface area contributed by atoms with E-state index in [4.69, 9.17) is 16.4 Å². The fraction of sp³-hybridized carbons (Fsp3) is 0.0714. The van der Waals surface area contributed by atoms with Gasteiger partial charge in [-0.3, -0.25) is 4.98 Å². The zero-order chi connectivity index (χ0) is 13.7. The Kier molecular flexibility index (Phi) is 4.26. The molecule has 0 amide bonds. The predicted octanol–water partition coefficient (Wildman–Crippen LogP) is 3.05. The monoisotopic (exact) mass is 274 g/mol. The molecule has 0 N–H and O–H groups in total. The second kappa shape index (κ2) is 6.11. The summed E-state index contributed by atoms with van der Waals surface area (Å²) in [6.07, 6.45) is 3.29. The molecule has 1 aromatic carbocycles. The van der Waals surface area contributed by atoms with Crippen LogP contribution in [0.1, 0.15) is 18.1 Å². The summed E-state index contributed by atoms with van der Waals surface area (Å²) in [7, 11) is 0. The van der Waals surface area contributed by atoms with Crippen molar-refractivity contribution in [1.82, 2.24) is 4.98 Å². The molecule has 0 radical (unpaired) electrons. The SMILES string of the molecule is CC(=O)O/N=C(/c1ccncc1)c1ccc(Cl)cc1. The maximum absolute atomic E-state index is 10.9. The fourth-order valence-corrected chi connectivity index (χ4v) is 1.63. The summed E-state index contributed by atoms with van der Waals surface area (Å²) in [5.74, 6) is -0.472. The summed E-state index contributed by atoms with van der Waals surface area (Å²) in [6, 6.07) is 10.7. The van der Waals surface area contributed by atoms with Gasteiger partial charge in [0.05, 0.1) is 0 Å². The Morgan fingerprint density at radius 2 is 1.68 bits per heavy atom. The van der Waals surface area contributed by atoms with Crippen LogP contribution in [0.5, 0.6) is 0 Å². The number of halogens is 1.